The first-order valence-electron chi connectivity index (χ1n) is 8.41. The van der Waals surface area contributed by atoms with Gasteiger partial charge < -0.3 is 8.98 Å². The van der Waals surface area contributed by atoms with Gasteiger partial charge in [-0.15, -0.1) is 10.2 Å². The summed E-state index contributed by atoms with van der Waals surface area (Å²) in [6.07, 6.45) is 5.18. The molecule has 136 valence electrons. The zero-order chi connectivity index (χ0) is 18.6. The van der Waals surface area contributed by atoms with Crippen molar-refractivity contribution in [3.8, 4) is 22.8 Å². The molecule has 0 bridgehead atoms. The zero-order valence-electron chi connectivity index (χ0n) is 14.5. The van der Waals surface area contributed by atoms with Crippen LogP contribution in [0.25, 0.3) is 22.8 Å². The lowest BCUT2D eigenvalue weighted by atomic mass is 10.2. The molecule has 0 aliphatic heterocycles. The number of aromatic nitrogens is 5. The molecule has 8 heteroatoms. The number of nitrogens with zero attached hydrogens (tertiary/aromatic N) is 5. The number of hydrogen-bond donors (Lipinski definition) is 0. The Labute approximate surface area is 165 Å². The second-order valence-corrected chi connectivity index (χ2v) is 7.10. The Kier molecular flexibility index (Phi) is 5.22. The van der Waals surface area contributed by atoms with Gasteiger partial charge >= 0.3 is 0 Å². The van der Waals surface area contributed by atoms with Crippen molar-refractivity contribution >= 4 is 23.4 Å². The van der Waals surface area contributed by atoms with Crippen LogP contribution in [-0.2, 0) is 12.3 Å². The molecule has 4 rings (SSSR count). The van der Waals surface area contributed by atoms with Gasteiger partial charge in [0.2, 0.25) is 5.89 Å². The fraction of sp³-hybridized carbons (Fsp3) is 0.158. The van der Waals surface area contributed by atoms with Gasteiger partial charge in [-0.1, -0.05) is 23.4 Å². The molecular formula is C19H16ClN5OS. The number of rotatable bonds is 6. The van der Waals surface area contributed by atoms with Crippen LogP contribution >= 0.6 is 23.4 Å². The molecule has 0 unspecified atom stereocenters. The smallest absolute Gasteiger partial charge is 0.226 e. The van der Waals surface area contributed by atoms with Gasteiger partial charge in [0.15, 0.2) is 11.0 Å². The highest BCUT2D eigenvalue weighted by atomic mass is 35.5. The normalized spacial score (nSPS) is 11.0. The van der Waals surface area contributed by atoms with E-state index in [1.54, 1.807) is 30.4 Å². The van der Waals surface area contributed by atoms with E-state index < -0.39 is 0 Å². The minimum absolute atomic E-state index is 0.580. The van der Waals surface area contributed by atoms with Gasteiger partial charge in [0.25, 0.3) is 0 Å². The lowest BCUT2D eigenvalue weighted by Gasteiger charge is -2.06. The van der Waals surface area contributed by atoms with Crippen LogP contribution in [0.3, 0.4) is 0 Å². The summed E-state index contributed by atoms with van der Waals surface area (Å²) in [6.45, 7) is 2.86. The summed E-state index contributed by atoms with van der Waals surface area (Å²) in [4.78, 5) is 8.60. The molecule has 3 aromatic heterocycles. The highest BCUT2D eigenvalue weighted by Gasteiger charge is 2.14. The van der Waals surface area contributed by atoms with Crippen LogP contribution < -0.4 is 0 Å². The van der Waals surface area contributed by atoms with Crippen LogP contribution in [0.5, 0.6) is 0 Å². The molecule has 0 atom stereocenters. The molecule has 0 aliphatic rings. The van der Waals surface area contributed by atoms with Gasteiger partial charge in [-0.25, -0.2) is 4.98 Å². The first-order chi connectivity index (χ1) is 13.2. The number of pyridine rings is 1. The van der Waals surface area contributed by atoms with Gasteiger partial charge in [0.05, 0.1) is 5.69 Å². The van der Waals surface area contributed by atoms with Crippen molar-refractivity contribution in [2.24, 2.45) is 0 Å². The standard InChI is InChI=1S/C19H16ClN5OS/c1-2-25-17(13-7-9-21-10-8-13)23-24-19(25)27-12-16-11-26-18(22-16)14-3-5-15(20)6-4-14/h3-11H,2,12H2,1H3. The Bertz CT molecular complexity index is 1030. The number of oxazole rings is 1. The molecule has 27 heavy (non-hydrogen) atoms. The van der Waals surface area contributed by atoms with E-state index in [4.69, 9.17) is 16.0 Å². The van der Waals surface area contributed by atoms with Crippen molar-refractivity contribution in [2.75, 3.05) is 0 Å². The van der Waals surface area contributed by atoms with Crippen molar-refractivity contribution in [3.05, 3.63) is 65.8 Å². The van der Waals surface area contributed by atoms with Crippen molar-refractivity contribution in [2.45, 2.75) is 24.4 Å². The van der Waals surface area contributed by atoms with Crippen molar-refractivity contribution in [3.63, 3.8) is 0 Å². The molecule has 1 aromatic carbocycles. The summed E-state index contributed by atoms with van der Waals surface area (Å²) in [5.74, 6) is 2.06. The first kappa shape index (κ1) is 17.8. The second kappa shape index (κ2) is 7.94. The molecule has 0 saturated heterocycles. The van der Waals surface area contributed by atoms with Crippen molar-refractivity contribution in [1.82, 2.24) is 24.7 Å². The second-order valence-electron chi connectivity index (χ2n) is 5.73. The van der Waals surface area contributed by atoms with E-state index in [-0.39, 0.29) is 0 Å². The Hall–Kier alpha value is -2.64. The fourth-order valence-corrected chi connectivity index (χ4v) is 3.64. The predicted molar refractivity (Wildman–Crippen MR) is 105 cm³/mol. The van der Waals surface area contributed by atoms with Crippen LogP contribution in [0.15, 0.2) is 64.6 Å². The maximum atomic E-state index is 5.92. The Morgan fingerprint density at radius 1 is 1.04 bits per heavy atom. The molecule has 0 radical (unpaired) electrons. The fourth-order valence-electron chi connectivity index (χ4n) is 2.63. The molecule has 3 heterocycles. The highest BCUT2D eigenvalue weighted by Crippen LogP contribution is 2.27. The summed E-state index contributed by atoms with van der Waals surface area (Å²) in [6, 6.07) is 11.3. The zero-order valence-corrected chi connectivity index (χ0v) is 16.1. The van der Waals surface area contributed by atoms with E-state index in [0.29, 0.717) is 16.7 Å². The van der Waals surface area contributed by atoms with E-state index in [1.165, 1.54) is 0 Å². The Balaban J connectivity index is 1.50. The van der Waals surface area contributed by atoms with Gasteiger partial charge in [-0.05, 0) is 43.3 Å². The monoisotopic (exact) mass is 397 g/mol. The Morgan fingerprint density at radius 2 is 1.81 bits per heavy atom. The third-order valence-corrected chi connectivity index (χ3v) is 5.22. The van der Waals surface area contributed by atoms with Crippen LogP contribution in [0, 0.1) is 0 Å². The lowest BCUT2D eigenvalue weighted by Crippen LogP contribution is -2.00. The SMILES string of the molecule is CCn1c(SCc2coc(-c3ccc(Cl)cc3)n2)nnc1-c1ccncc1. The average molecular weight is 398 g/mol. The summed E-state index contributed by atoms with van der Waals surface area (Å²) < 4.78 is 7.68. The van der Waals surface area contributed by atoms with Crippen molar-refractivity contribution < 1.29 is 4.42 Å². The summed E-state index contributed by atoms with van der Waals surface area (Å²) >= 11 is 7.50. The Morgan fingerprint density at radius 3 is 2.56 bits per heavy atom. The largest absolute Gasteiger partial charge is 0.444 e. The minimum atomic E-state index is 0.580. The maximum Gasteiger partial charge on any atom is 0.226 e. The van der Waals surface area contributed by atoms with Gasteiger partial charge in [0, 0.05) is 40.8 Å². The lowest BCUT2D eigenvalue weighted by molar-refractivity contribution is 0.573. The molecular weight excluding hydrogens is 382 g/mol. The maximum absolute atomic E-state index is 5.92. The molecule has 6 nitrogen and oxygen atoms in total. The van der Waals surface area contributed by atoms with Crippen molar-refractivity contribution in [1.29, 1.82) is 0 Å². The van der Waals surface area contributed by atoms with Gasteiger partial charge in [0.1, 0.15) is 6.26 Å². The summed E-state index contributed by atoms with van der Waals surface area (Å²) in [5.41, 5.74) is 2.74. The van der Waals surface area contributed by atoms with Gasteiger partial charge in [-0.3, -0.25) is 4.98 Å². The van der Waals surface area contributed by atoms with Crippen LogP contribution in [-0.4, -0.2) is 24.7 Å². The third kappa shape index (κ3) is 3.89. The van der Waals surface area contributed by atoms with E-state index in [9.17, 15) is 0 Å². The number of halogens is 1. The number of benzene rings is 1. The van der Waals surface area contributed by atoms with Crippen LogP contribution in [0.4, 0.5) is 0 Å². The number of thioether (sulfide) groups is 1. The molecule has 0 fully saturated rings. The highest BCUT2D eigenvalue weighted by molar-refractivity contribution is 7.98. The summed E-state index contributed by atoms with van der Waals surface area (Å²) in [7, 11) is 0. The predicted octanol–water partition coefficient (Wildman–Crippen LogP) is 4.96. The minimum Gasteiger partial charge on any atom is -0.444 e. The molecule has 0 saturated carbocycles. The molecule has 0 aliphatic carbocycles. The average Bonchev–Trinajstić information content (AvgIpc) is 3.34. The number of hydrogen-bond acceptors (Lipinski definition) is 6. The first-order valence-corrected chi connectivity index (χ1v) is 9.77. The van der Waals surface area contributed by atoms with E-state index in [0.717, 1.165) is 34.3 Å². The van der Waals surface area contributed by atoms with E-state index in [2.05, 4.69) is 31.7 Å². The molecule has 0 amide bonds. The van der Waals surface area contributed by atoms with E-state index >= 15 is 0 Å². The van der Waals surface area contributed by atoms with Crippen LogP contribution in [0.2, 0.25) is 5.02 Å². The van der Waals surface area contributed by atoms with E-state index in [1.807, 2.05) is 36.4 Å². The molecule has 4 aromatic rings. The topological polar surface area (TPSA) is 69.6 Å². The molecule has 0 spiro atoms. The van der Waals surface area contributed by atoms with Crippen LogP contribution in [0.1, 0.15) is 12.6 Å². The van der Waals surface area contributed by atoms with Gasteiger partial charge in [-0.2, -0.15) is 0 Å². The third-order valence-electron chi connectivity index (χ3n) is 3.96. The molecule has 0 N–H and O–H groups in total. The quantitative estimate of drug-likeness (QED) is 0.428. The summed E-state index contributed by atoms with van der Waals surface area (Å²) in [5, 5.41) is 10.2.